The Hall–Kier alpha value is -3.13. The van der Waals surface area contributed by atoms with Gasteiger partial charge in [0.05, 0.1) is 45.9 Å². The van der Waals surface area contributed by atoms with Crippen LogP contribution in [0.15, 0.2) is 53.4 Å². The SMILES string of the molecule is Cc1ccc(S(=O)(=O)CC(CS(=O)(=O)C(C)(C)C)C(=O)c2ccc(C(=O)NCC(C)OCC(C)CC(=O)NCC(C)OCC(C)CC(C)(C)C)cc2)cc1. The minimum absolute atomic E-state index is 0.00684. The number of hydrogen-bond acceptors (Lipinski definition) is 9. The Morgan fingerprint density at radius 3 is 1.70 bits per heavy atom. The lowest BCUT2D eigenvalue weighted by Gasteiger charge is -2.24. The molecule has 2 aromatic rings. The van der Waals surface area contributed by atoms with Gasteiger partial charge < -0.3 is 20.1 Å². The van der Waals surface area contributed by atoms with E-state index in [4.69, 9.17) is 9.47 Å². The van der Waals surface area contributed by atoms with Crippen molar-refractivity contribution in [1.29, 1.82) is 0 Å². The highest BCUT2D eigenvalue weighted by Gasteiger charge is 2.37. The first-order valence-corrected chi connectivity index (χ1v) is 22.0. The summed E-state index contributed by atoms with van der Waals surface area (Å²) in [6.07, 6.45) is 0.915. The van der Waals surface area contributed by atoms with Crippen molar-refractivity contribution in [3.8, 4) is 0 Å². The molecule has 0 saturated carbocycles. The molecule has 0 radical (unpaired) electrons. The van der Waals surface area contributed by atoms with Crippen LogP contribution in [0.3, 0.4) is 0 Å². The van der Waals surface area contributed by atoms with Crippen LogP contribution >= 0.6 is 0 Å². The van der Waals surface area contributed by atoms with Gasteiger partial charge in [0.15, 0.2) is 25.5 Å². The summed E-state index contributed by atoms with van der Waals surface area (Å²) in [4.78, 5) is 39.1. The van der Waals surface area contributed by atoms with Crippen LogP contribution in [-0.2, 0) is 33.9 Å². The summed E-state index contributed by atoms with van der Waals surface area (Å²) >= 11 is 0. The first-order valence-electron chi connectivity index (χ1n) is 18.7. The molecule has 13 heteroatoms. The highest BCUT2D eigenvalue weighted by atomic mass is 32.2. The highest BCUT2D eigenvalue weighted by molar-refractivity contribution is 7.93. The first kappa shape index (κ1) is 47.0. The predicted molar refractivity (Wildman–Crippen MR) is 214 cm³/mol. The Bertz CT molecular complexity index is 1740. The number of hydrogen-bond donors (Lipinski definition) is 2. The van der Waals surface area contributed by atoms with Gasteiger partial charge in [-0.1, -0.05) is 64.4 Å². The van der Waals surface area contributed by atoms with Gasteiger partial charge in [-0.25, -0.2) is 16.8 Å². The molecule has 5 unspecified atom stereocenters. The van der Waals surface area contributed by atoms with E-state index in [0.29, 0.717) is 25.7 Å². The van der Waals surface area contributed by atoms with Crippen LogP contribution in [0, 0.1) is 30.1 Å². The largest absolute Gasteiger partial charge is 0.376 e. The van der Waals surface area contributed by atoms with Gasteiger partial charge >= 0.3 is 0 Å². The molecule has 304 valence electrons. The van der Waals surface area contributed by atoms with Gasteiger partial charge in [-0.15, -0.1) is 0 Å². The van der Waals surface area contributed by atoms with E-state index in [1.54, 1.807) is 12.1 Å². The summed E-state index contributed by atoms with van der Waals surface area (Å²) in [5.41, 5.74) is 1.46. The van der Waals surface area contributed by atoms with Crippen molar-refractivity contribution in [2.24, 2.45) is 23.2 Å². The standard InChI is InChI=1S/C41H64N2O9S2/c1-28-12-18-36(19-13-28)53(47,48)26-35(27-54(49,50)41(9,10)11)38(45)33-14-16-34(17-15-33)39(46)43-23-32(5)51-24-29(2)20-37(44)42-22-31(4)52-25-30(3)21-40(6,7)8/h12-19,29-32,35H,20-27H2,1-11H3,(H,42,44)(H,43,46). The lowest BCUT2D eigenvalue weighted by molar-refractivity contribution is -0.123. The Labute approximate surface area is 324 Å². The summed E-state index contributed by atoms with van der Waals surface area (Å²) in [5, 5.41) is 5.73. The Morgan fingerprint density at radius 1 is 0.685 bits per heavy atom. The van der Waals surface area contributed by atoms with Crippen LogP contribution in [-0.4, -0.2) is 89.2 Å². The van der Waals surface area contributed by atoms with Gasteiger partial charge in [0.25, 0.3) is 5.91 Å². The van der Waals surface area contributed by atoms with Gasteiger partial charge in [-0.2, -0.15) is 0 Å². The molecule has 2 aromatic carbocycles. The maximum absolute atomic E-state index is 13.7. The fourth-order valence-corrected chi connectivity index (χ4v) is 8.76. The smallest absolute Gasteiger partial charge is 0.251 e. The molecule has 0 aliphatic carbocycles. The lowest BCUT2D eigenvalue weighted by atomic mass is 9.86. The summed E-state index contributed by atoms with van der Waals surface area (Å²) in [7, 11) is -7.87. The van der Waals surface area contributed by atoms with Crippen LogP contribution < -0.4 is 10.6 Å². The Balaban J connectivity index is 1.91. The third-order valence-electron chi connectivity index (χ3n) is 8.92. The molecular weight excluding hydrogens is 729 g/mol. The van der Waals surface area contributed by atoms with E-state index >= 15 is 0 Å². The highest BCUT2D eigenvalue weighted by Crippen LogP contribution is 2.26. The maximum atomic E-state index is 13.7. The summed E-state index contributed by atoms with van der Waals surface area (Å²) < 4.78 is 63.5. The number of carbonyl (C=O) groups is 3. The van der Waals surface area contributed by atoms with Crippen molar-refractivity contribution < 1.29 is 40.7 Å². The second-order valence-corrected chi connectivity index (χ2v) is 21.9. The van der Waals surface area contributed by atoms with Gasteiger partial charge in [0, 0.05) is 37.2 Å². The zero-order valence-electron chi connectivity index (χ0n) is 34.2. The summed E-state index contributed by atoms with van der Waals surface area (Å²) in [6, 6.07) is 11.9. The van der Waals surface area contributed by atoms with Gasteiger partial charge in [0.1, 0.15) is 0 Å². The van der Waals surface area contributed by atoms with E-state index in [-0.39, 0.29) is 58.4 Å². The molecule has 0 aliphatic rings. The number of Topliss-reactive ketones (excluding diaryl/α,β-unsaturated/α-hetero) is 1. The second-order valence-electron chi connectivity index (χ2n) is 17.1. The Kier molecular flexibility index (Phi) is 17.6. The molecule has 0 heterocycles. The fraction of sp³-hybridized carbons (Fsp3) is 0.634. The van der Waals surface area contributed by atoms with Gasteiger partial charge in [-0.3, -0.25) is 14.4 Å². The third kappa shape index (κ3) is 16.3. The minimum Gasteiger partial charge on any atom is -0.376 e. The van der Waals surface area contributed by atoms with E-state index in [9.17, 15) is 31.2 Å². The molecular formula is C41H64N2O9S2. The molecule has 5 atom stereocenters. The van der Waals surface area contributed by atoms with Crippen molar-refractivity contribution in [1.82, 2.24) is 10.6 Å². The monoisotopic (exact) mass is 792 g/mol. The van der Waals surface area contributed by atoms with Crippen molar-refractivity contribution in [2.45, 2.75) is 111 Å². The molecule has 0 aromatic heterocycles. The number of benzene rings is 2. The number of nitrogens with one attached hydrogen (secondary N) is 2. The first-order chi connectivity index (χ1) is 24.8. The molecule has 0 saturated heterocycles. The summed E-state index contributed by atoms with van der Waals surface area (Å²) in [6.45, 7) is 22.4. The molecule has 0 aliphatic heterocycles. The molecule has 11 nitrogen and oxygen atoms in total. The zero-order chi connectivity index (χ0) is 41.1. The topological polar surface area (TPSA) is 162 Å². The van der Waals surface area contributed by atoms with E-state index in [1.165, 1.54) is 57.2 Å². The van der Waals surface area contributed by atoms with Crippen molar-refractivity contribution in [2.75, 3.05) is 37.8 Å². The number of sulfone groups is 2. The molecule has 0 spiro atoms. The average molecular weight is 793 g/mol. The molecule has 2 N–H and O–H groups in total. The average Bonchev–Trinajstić information content (AvgIpc) is 3.06. The maximum Gasteiger partial charge on any atom is 0.251 e. The van der Waals surface area contributed by atoms with E-state index in [1.807, 2.05) is 27.7 Å². The molecule has 54 heavy (non-hydrogen) atoms. The molecule has 2 amide bonds. The fourth-order valence-electron chi connectivity index (χ4n) is 5.77. The second kappa shape index (κ2) is 20.2. The van der Waals surface area contributed by atoms with Gasteiger partial charge in [0.2, 0.25) is 5.91 Å². The molecule has 0 bridgehead atoms. The van der Waals surface area contributed by atoms with Crippen molar-refractivity contribution in [3.05, 3.63) is 65.2 Å². The van der Waals surface area contributed by atoms with Crippen LogP contribution in [0.2, 0.25) is 0 Å². The van der Waals surface area contributed by atoms with Crippen molar-refractivity contribution >= 4 is 37.3 Å². The zero-order valence-corrected chi connectivity index (χ0v) is 35.8. The van der Waals surface area contributed by atoms with Crippen LogP contribution in [0.4, 0.5) is 0 Å². The molecule has 0 fully saturated rings. The lowest BCUT2D eigenvalue weighted by Crippen LogP contribution is -2.38. The van der Waals surface area contributed by atoms with Gasteiger partial charge in [-0.05, 0) is 89.5 Å². The van der Waals surface area contributed by atoms with Crippen LogP contribution in [0.25, 0.3) is 0 Å². The van der Waals surface area contributed by atoms with E-state index in [2.05, 4.69) is 38.3 Å². The predicted octanol–water partition coefficient (Wildman–Crippen LogP) is 6.24. The molecule has 2 rings (SSSR count). The number of ether oxygens (including phenoxy) is 2. The van der Waals surface area contributed by atoms with Crippen LogP contribution in [0.5, 0.6) is 0 Å². The normalized spacial score (nSPS) is 15.5. The Morgan fingerprint density at radius 2 is 1.19 bits per heavy atom. The minimum atomic E-state index is -4.00. The third-order valence-corrected chi connectivity index (χ3v) is 13.5. The quantitative estimate of drug-likeness (QED) is 0.140. The number of ketones is 1. The van der Waals surface area contributed by atoms with E-state index in [0.717, 1.165) is 12.0 Å². The van der Waals surface area contributed by atoms with Crippen molar-refractivity contribution in [3.63, 3.8) is 0 Å². The number of rotatable bonds is 21. The number of aryl methyl sites for hydroxylation is 1. The van der Waals surface area contributed by atoms with Crippen LogP contribution in [0.1, 0.15) is 108 Å². The van der Waals surface area contributed by atoms with E-state index < -0.39 is 53.5 Å². The summed E-state index contributed by atoms with van der Waals surface area (Å²) in [5.74, 6) is -3.43. The number of carbonyl (C=O) groups excluding carboxylic acids is 3. The number of amides is 2.